The maximum atomic E-state index is 11.1. The number of benzene rings is 1. The minimum atomic E-state index is -0.114. The number of carbonyl (C=O) groups excluding carboxylic acids is 1. The quantitative estimate of drug-likeness (QED) is 0.558. The van der Waals surface area contributed by atoms with Gasteiger partial charge in [-0.1, -0.05) is 18.2 Å². The summed E-state index contributed by atoms with van der Waals surface area (Å²) in [5.41, 5.74) is 5.26. The molecule has 0 amide bonds. The number of rotatable bonds is 3. The molecule has 0 bridgehead atoms. The molecule has 20 heavy (non-hydrogen) atoms. The Labute approximate surface area is 114 Å². The fourth-order valence-corrected chi connectivity index (χ4v) is 1.78. The first-order chi connectivity index (χ1) is 9.65. The summed E-state index contributed by atoms with van der Waals surface area (Å²) in [5, 5.41) is 12.9. The number of nitrogens with zero attached hydrogens (tertiary/aromatic N) is 4. The van der Waals surface area contributed by atoms with Gasteiger partial charge in [0.05, 0.1) is 0 Å². The Balaban J connectivity index is 2.01. The molecule has 0 saturated carbocycles. The van der Waals surface area contributed by atoms with Gasteiger partial charge < -0.3 is 4.98 Å². The summed E-state index contributed by atoms with van der Waals surface area (Å²) in [6.07, 6.45) is 0. The highest BCUT2D eigenvalue weighted by Crippen LogP contribution is 2.21. The molecule has 0 saturated heterocycles. The highest BCUT2D eigenvalue weighted by molar-refractivity contribution is 6.38. The van der Waals surface area contributed by atoms with Crippen molar-refractivity contribution in [3.63, 3.8) is 0 Å². The second kappa shape index (κ2) is 4.69. The zero-order valence-electron chi connectivity index (χ0n) is 11.0. The Bertz CT molecular complexity index is 835. The van der Waals surface area contributed by atoms with Crippen molar-refractivity contribution in [1.29, 1.82) is 0 Å². The normalized spacial score (nSPS) is 12.0. The molecule has 0 unspecified atom stereocenters. The first kappa shape index (κ1) is 12.2. The number of Topliss-reactive ketones (excluding diaryl/α,β-unsaturated/α-hetero) is 1. The first-order valence-electron chi connectivity index (χ1n) is 6.07. The molecule has 1 aromatic carbocycles. The number of hydrazone groups is 1. The van der Waals surface area contributed by atoms with E-state index >= 15 is 0 Å². The van der Waals surface area contributed by atoms with Gasteiger partial charge in [-0.15, -0.1) is 10.2 Å². The third-order valence-electron chi connectivity index (χ3n) is 2.96. The smallest absolute Gasteiger partial charge is 0.265 e. The number of anilines is 1. The van der Waals surface area contributed by atoms with Gasteiger partial charge in [0, 0.05) is 17.8 Å². The molecule has 0 fully saturated rings. The Morgan fingerprint density at radius 2 is 2.05 bits per heavy atom. The fraction of sp³-hybridized carbons (Fsp3) is 0.154. The summed E-state index contributed by atoms with van der Waals surface area (Å²) in [4.78, 5) is 18.5. The van der Waals surface area contributed by atoms with E-state index < -0.39 is 0 Å². The summed E-state index contributed by atoms with van der Waals surface area (Å²) in [5.74, 6) is 0.127. The molecular weight excluding hydrogens is 256 g/mol. The summed E-state index contributed by atoms with van der Waals surface area (Å²) in [6, 6.07) is 7.77. The number of hydrogen-bond donors (Lipinski definition) is 2. The van der Waals surface area contributed by atoms with Gasteiger partial charge in [-0.25, -0.2) is 5.43 Å². The van der Waals surface area contributed by atoms with E-state index in [1.807, 2.05) is 24.3 Å². The van der Waals surface area contributed by atoms with Crippen LogP contribution in [0.2, 0.25) is 0 Å². The van der Waals surface area contributed by atoms with Crippen molar-refractivity contribution < 1.29 is 4.79 Å². The van der Waals surface area contributed by atoms with Gasteiger partial charge in [-0.2, -0.15) is 10.1 Å². The van der Waals surface area contributed by atoms with Crippen LogP contribution >= 0.6 is 0 Å². The molecule has 0 aliphatic rings. The number of carbonyl (C=O) groups is 1. The predicted molar refractivity (Wildman–Crippen MR) is 76.6 cm³/mol. The molecule has 0 spiro atoms. The lowest BCUT2D eigenvalue weighted by molar-refractivity contribution is -0.111. The van der Waals surface area contributed by atoms with Gasteiger partial charge in [-0.05, 0) is 13.0 Å². The zero-order chi connectivity index (χ0) is 14.1. The molecule has 7 nitrogen and oxygen atoms in total. The lowest BCUT2D eigenvalue weighted by Crippen LogP contribution is -2.08. The number of nitrogens with one attached hydrogen (secondary N) is 2. The maximum Gasteiger partial charge on any atom is 0.265 e. The number of hydrogen-bond acceptors (Lipinski definition) is 6. The average Bonchev–Trinajstić information content (AvgIpc) is 2.82. The van der Waals surface area contributed by atoms with Crippen LogP contribution in [0.3, 0.4) is 0 Å². The average molecular weight is 268 g/mol. The van der Waals surface area contributed by atoms with Crippen molar-refractivity contribution in [2.45, 2.75) is 13.8 Å². The highest BCUT2D eigenvalue weighted by Gasteiger charge is 2.08. The number of aromatic amines is 1. The standard InChI is InChI=1S/C13H12N6O/c1-7(8(2)20)16-18-13-15-12-11(17-19-13)9-5-3-4-6-10(9)14-12/h3-6H,1-2H3,(H2,14,15,18,19)/b16-7-. The first-order valence-corrected chi connectivity index (χ1v) is 6.07. The van der Waals surface area contributed by atoms with Gasteiger partial charge >= 0.3 is 0 Å². The topological polar surface area (TPSA) is 95.9 Å². The monoisotopic (exact) mass is 268 g/mol. The molecule has 100 valence electrons. The van der Waals surface area contributed by atoms with E-state index in [4.69, 9.17) is 0 Å². The van der Waals surface area contributed by atoms with Crippen LogP contribution in [-0.4, -0.2) is 31.7 Å². The van der Waals surface area contributed by atoms with Crippen molar-refractivity contribution in [2.75, 3.05) is 5.43 Å². The van der Waals surface area contributed by atoms with E-state index in [0.717, 1.165) is 10.9 Å². The van der Waals surface area contributed by atoms with Gasteiger partial charge in [0.15, 0.2) is 11.4 Å². The molecule has 2 heterocycles. The van der Waals surface area contributed by atoms with Crippen LogP contribution in [0.1, 0.15) is 13.8 Å². The Hall–Kier alpha value is -2.83. The van der Waals surface area contributed by atoms with Crippen molar-refractivity contribution in [3.8, 4) is 0 Å². The summed E-state index contributed by atoms with van der Waals surface area (Å²) < 4.78 is 0. The van der Waals surface area contributed by atoms with E-state index in [-0.39, 0.29) is 11.7 Å². The van der Waals surface area contributed by atoms with Crippen molar-refractivity contribution in [3.05, 3.63) is 24.3 Å². The van der Waals surface area contributed by atoms with Crippen LogP contribution in [0, 0.1) is 0 Å². The lowest BCUT2D eigenvalue weighted by atomic mass is 10.2. The summed E-state index contributed by atoms with van der Waals surface area (Å²) in [7, 11) is 0. The second-order valence-electron chi connectivity index (χ2n) is 4.37. The van der Waals surface area contributed by atoms with Crippen molar-refractivity contribution in [2.24, 2.45) is 5.10 Å². The zero-order valence-corrected chi connectivity index (χ0v) is 11.0. The van der Waals surface area contributed by atoms with Gasteiger partial charge in [0.1, 0.15) is 11.2 Å². The van der Waals surface area contributed by atoms with Crippen molar-refractivity contribution >= 4 is 39.5 Å². The van der Waals surface area contributed by atoms with Crippen LogP contribution in [0.25, 0.3) is 22.1 Å². The molecule has 0 aliphatic carbocycles. The van der Waals surface area contributed by atoms with E-state index in [0.29, 0.717) is 16.9 Å². The Morgan fingerprint density at radius 1 is 1.25 bits per heavy atom. The SMILES string of the molecule is CC(=O)/C(C)=N\Nc1nnc2c(n1)[nH]c1ccccc12. The minimum absolute atomic E-state index is 0.114. The fourth-order valence-electron chi connectivity index (χ4n) is 1.78. The molecule has 2 N–H and O–H groups in total. The van der Waals surface area contributed by atoms with E-state index in [1.165, 1.54) is 6.92 Å². The van der Waals surface area contributed by atoms with Crippen molar-refractivity contribution in [1.82, 2.24) is 20.2 Å². The molecular formula is C13H12N6O. The number of ketones is 1. The number of aromatic nitrogens is 4. The summed E-state index contributed by atoms with van der Waals surface area (Å²) >= 11 is 0. The molecule has 0 aliphatic heterocycles. The second-order valence-corrected chi connectivity index (χ2v) is 4.37. The largest absolute Gasteiger partial charge is 0.338 e. The predicted octanol–water partition coefficient (Wildman–Crippen LogP) is 1.88. The van der Waals surface area contributed by atoms with Crippen LogP contribution in [0.15, 0.2) is 29.4 Å². The van der Waals surface area contributed by atoms with Gasteiger partial charge in [0.2, 0.25) is 0 Å². The molecule has 0 atom stereocenters. The van der Waals surface area contributed by atoms with Crippen LogP contribution in [0.5, 0.6) is 0 Å². The molecule has 3 rings (SSSR count). The Morgan fingerprint density at radius 3 is 2.85 bits per heavy atom. The number of para-hydroxylation sites is 1. The van der Waals surface area contributed by atoms with Gasteiger partial charge in [-0.3, -0.25) is 4.79 Å². The Kier molecular flexibility index (Phi) is 2.86. The van der Waals surface area contributed by atoms with Crippen LogP contribution in [-0.2, 0) is 4.79 Å². The van der Waals surface area contributed by atoms with E-state index in [9.17, 15) is 4.79 Å². The third-order valence-corrected chi connectivity index (χ3v) is 2.96. The maximum absolute atomic E-state index is 11.1. The summed E-state index contributed by atoms with van der Waals surface area (Å²) in [6.45, 7) is 3.06. The molecule has 7 heteroatoms. The third kappa shape index (κ3) is 2.09. The number of H-pyrrole nitrogens is 1. The molecule has 0 radical (unpaired) electrons. The lowest BCUT2D eigenvalue weighted by Gasteiger charge is -1.98. The van der Waals surface area contributed by atoms with E-state index in [2.05, 4.69) is 30.7 Å². The van der Waals surface area contributed by atoms with Crippen LogP contribution in [0.4, 0.5) is 5.95 Å². The molecule has 2 aromatic heterocycles. The van der Waals surface area contributed by atoms with E-state index in [1.54, 1.807) is 6.92 Å². The minimum Gasteiger partial charge on any atom is -0.338 e. The molecule has 3 aromatic rings. The van der Waals surface area contributed by atoms with Gasteiger partial charge in [0.25, 0.3) is 5.95 Å². The highest BCUT2D eigenvalue weighted by atomic mass is 16.1. The van der Waals surface area contributed by atoms with Crippen LogP contribution < -0.4 is 5.43 Å². The number of fused-ring (bicyclic) bond motifs is 3.